The van der Waals surface area contributed by atoms with E-state index in [2.05, 4.69) is 0 Å². The monoisotopic (exact) mass is 288 g/mol. The van der Waals surface area contributed by atoms with Gasteiger partial charge < -0.3 is 5.11 Å². The summed E-state index contributed by atoms with van der Waals surface area (Å²) < 4.78 is 22.9. The number of carbonyl (C=O) groups is 1. The van der Waals surface area contributed by atoms with Crippen LogP contribution >= 0.6 is 11.6 Å². The van der Waals surface area contributed by atoms with E-state index in [9.17, 15) is 18.3 Å². The SMILES string of the molecule is O=C(O)C1(c2cccc(Cl)c2)CCS(=O)(=O)CC1. The lowest BCUT2D eigenvalue weighted by atomic mass is 9.75. The van der Waals surface area contributed by atoms with Crippen molar-refractivity contribution in [1.82, 2.24) is 0 Å². The van der Waals surface area contributed by atoms with Crippen molar-refractivity contribution in [3.05, 3.63) is 34.9 Å². The molecule has 6 heteroatoms. The lowest BCUT2D eigenvalue weighted by Crippen LogP contribution is -2.43. The molecule has 0 aromatic heterocycles. The third-order valence-corrected chi connectivity index (χ3v) is 5.35. The number of benzene rings is 1. The quantitative estimate of drug-likeness (QED) is 0.902. The fraction of sp³-hybridized carbons (Fsp3) is 0.417. The molecule has 0 amide bonds. The van der Waals surface area contributed by atoms with Crippen LogP contribution < -0.4 is 0 Å². The molecule has 2 rings (SSSR count). The molecular formula is C12H13ClO4S. The van der Waals surface area contributed by atoms with Crippen LogP contribution in [-0.4, -0.2) is 31.0 Å². The van der Waals surface area contributed by atoms with Gasteiger partial charge in [0.1, 0.15) is 9.84 Å². The summed E-state index contributed by atoms with van der Waals surface area (Å²) in [6.45, 7) is 0. The van der Waals surface area contributed by atoms with Crippen LogP contribution in [0, 0.1) is 0 Å². The zero-order valence-corrected chi connectivity index (χ0v) is 11.2. The number of hydrogen-bond acceptors (Lipinski definition) is 3. The Balaban J connectivity index is 2.44. The standard InChI is InChI=1S/C12H13ClO4S/c13-10-3-1-2-9(8-10)12(11(14)15)4-6-18(16,17)7-5-12/h1-3,8H,4-7H2,(H,14,15). The van der Waals surface area contributed by atoms with Crippen LogP contribution in [0.2, 0.25) is 5.02 Å². The Morgan fingerprint density at radius 1 is 1.28 bits per heavy atom. The van der Waals surface area contributed by atoms with Crippen LogP contribution in [0.1, 0.15) is 18.4 Å². The fourth-order valence-electron chi connectivity index (χ4n) is 2.30. The van der Waals surface area contributed by atoms with Crippen LogP contribution in [0.5, 0.6) is 0 Å². The number of carboxylic acid groups (broad SMARTS) is 1. The van der Waals surface area contributed by atoms with Gasteiger partial charge >= 0.3 is 5.97 Å². The summed E-state index contributed by atoms with van der Waals surface area (Å²) in [5, 5.41) is 9.93. The molecule has 0 unspecified atom stereocenters. The predicted molar refractivity (Wildman–Crippen MR) is 68.7 cm³/mol. The second-order valence-corrected chi connectivity index (χ2v) is 7.29. The highest BCUT2D eigenvalue weighted by Gasteiger charge is 2.45. The van der Waals surface area contributed by atoms with Crippen molar-refractivity contribution in [3.8, 4) is 0 Å². The number of hydrogen-bond donors (Lipinski definition) is 1. The highest BCUT2D eigenvalue weighted by atomic mass is 35.5. The van der Waals surface area contributed by atoms with Crippen molar-refractivity contribution >= 4 is 27.4 Å². The maximum atomic E-state index is 11.6. The first-order chi connectivity index (χ1) is 8.36. The van der Waals surface area contributed by atoms with Gasteiger partial charge in [-0.05, 0) is 30.5 Å². The summed E-state index contributed by atoms with van der Waals surface area (Å²) in [7, 11) is -3.10. The summed E-state index contributed by atoms with van der Waals surface area (Å²) in [5.74, 6) is -1.17. The number of rotatable bonds is 2. The van der Waals surface area contributed by atoms with Crippen LogP contribution in [0.15, 0.2) is 24.3 Å². The lowest BCUT2D eigenvalue weighted by molar-refractivity contribution is -0.144. The normalized spacial score (nSPS) is 21.4. The second kappa shape index (κ2) is 4.55. The number of aliphatic carboxylic acids is 1. The van der Waals surface area contributed by atoms with Crippen LogP contribution in [-0.2, 0) is 20.0 Å². The van der Waals surface area contributed by atoms with E-state index in [-0.39, 0.29) is 24.3 Å². The van der Waals surface area contributed by atoms with Gasteiger partial charge in [-0.15, -0.1) is 0 Å². The van der Waals surface area contributed by atoms with E-state index < -0.39 is 21.2 Å². The maximum absolute atomic E-state index is 11.6. The molecule has 1 aromatic rings. The Hall–Kier alpha value is -1.07. The van der Waals surface area contributed by atoms with Gasteiger partial charge in [-0.3, -0.25) is 4.79 Å². The van der Waals surface area contributed by atoms with Gasteiger partial charge in [0.25, 0.3) is 0 Å². The van der Waals surface area contributed by atoms with E-state index in [1.165, 1.54) is 0 Å². The minimum atomic E-state index is -3.10. The molecule has 0 bridgehead atoms. The molecule has 0 spiro atoms. The zero-order valence-electron chi connectivity index (χ0n) is 9.60. The van der Waals surface area contributed by atoms with Gasteiger partial charge in [-0.2, -0.15) is 0 Å². The van der Waals surface area contributed by atoms with Gasteiger partial charge in [-0.1, -0.05) is 23.7 Å². The molecule has 4 nitrogen and oxygen atoms in total. The van der Waals surface area contributed by atoms with Crippen molar-refractivity contribution in [3.63, 3.8) is 0 Å². The number of halogens is 1. The smallest absolute Gasteiger partial charge is 0.314 e. The minimum absolute atomic E-state index is 0.0915. The molecule has 1 heterocycles. The summed E-state index contributed by atoms with van der Waals surface area (Å²) in [6.07, 6.45) is 0.204. The topological polar surface area (TPSA) is 71.4 Å². The van der Waals surface area contributed by atoms with Gasteiger partial charge in [0, 0.05) is 5.02 Å². The van der Waals surface area contributed by atoms with E-state index >= 15 is 0 Å². The molecule has 0 atom stereocenters. The molecule has 0 saturated carbocycles. The summed E-state index contributed by atoms with van der Waals surface area (Å²) in [5.41, 5.74) is -0.548. The van der Waals surface area contributed by atoms with Crippen molar-refractivity contribution in [2.75, 3.05) is 11.5 Å². The third kappa shape index (κ3) is 2.37. The maximum Gasteiger partial charge on any atom is 0.314 e. The van der Waals surface area contributed by atoms with E-state index in [0.717, 1.165) is 0 Å². The molecule has 18 heavy (non-hydrogen) atoms. The van der Waals surface area contributed by atoms with E-state index in [4.69, 9.17) is 11.6 Å². The highest BCUT2D eigenvalue weighted by Crippen LogP contribution is 2.37. The zero-order chi connectivity index (χ0) is 13.4. The average molecular weight is 289 g/mol. The van der Waals surface area contributed by atoms with E-state index in [0.29, 0.717) is 10.6 Å². The van der Waals surface area contributed by atoms with E-state index in [1.807, 2.05) is 0 Å². The molecule has 1 aliphatic rings. The first-order valence-electron chi connectivity index (χ1n) is 5.56. The van der Waals surface area contributed by atoms with Gasteiger partial charge in [0.2, 0.25) is 0 Å². The first-order valence-corrected chi connectivity index (χ1v) is 7.76. The molecule has 0 aliphatic carbocycles. The van der Waals surface area contributed by atoms with Crippen molar-refractivity contribution in [2.45, 2.75) is 18.3 Å². The molecule has 1 aromatic carbocycles. The predicted octanol–water partition coefficient (Wildman–Crippen LogP) is 1.87. The third-order valence-electron chi connectivity index (χ3n) is 3.47. The molecule has 0 radical (unpaired) electrons. The van der Waals surface area contributed by atoms with Gasteiger partial charge in [-0.25, -0.2) is 8.42 Å². The largest absolute Gasteiger partial charge is 0.481 e. The Kier molecular flexibility index (Phi) is 3.38. The fourth-order valence-corrected chi connectivity index (χ4v) is 4.01. The molecular weight excluding hydrogens is 276 g/mol. The summed E-state index contributed by atoms with van der Waals surface area (Å²) in [4.78, 5) is 11.6. The Morgan fingerprint density at radius 2 is 1.89 bits per heavy atom. The van der Waals surface area contributed by atoms with Crippen molar-refractivity contribution in [2.24, 2.45) is 0 Å². The molecule has 1 N–H and O–H groups in total. The highest BCUT2D eigenvalue weighted by molar-refractivity contribution is 7.91. The number of sulfone groups is 1. The van der Waals surface area contributed by atoms with Crippen LogP contribution in [0.3, 0.4) is 0 Å². The van der Waals surface area contributed by atoms with Crippen molar-refractivity contribution in [1.29, 1.82) is 0 Å². The average Bonchev–Trinajstić information content (AvgIpc) is 2.29. The second-order valence-electron chi connectivity index (χ2n) is 4.55. The van der Waals surface area contributed by atoms with Crippen LogP contribution in [0.4, 0.5) is 0 Å². The Labute approximate surface area is 110 Å². The van der Waals surface area contributed by atoms with Gasteiger partial charge in [0.15, 0.2) is 0 Å². The minimum Gasteiger partial charge on any atom is -0.481 e. The van der Waals surface area contributed by atoms with Gasteiger partial charge in [0.05, 0.1) is 16.9 Å². The Morgan fingerprint density at radius 3 is 2.39 bits per heavy atom. The Bertz CT molecular complexity index is 565. The molecule has 98 valence electrons. The molecule has 1 fully saturated rings. The first kappa shape index (κ1) is 13.4. The lowest BCUT2D eigenvalue weighted by Gasteiger charge is -2.33. The summed E-state index contributed by atoms with van der Waals surface area (Å²) >= 11 is 5.88. The number of carboxylic acids is 1. The van der Waals surface area contributed by atoms with E-state index in [1.54, 1.807) is 24.3 Å². The molecule has 1 saturated heterocycles. The van der Waals surface area contributed by atoms with Crippen molar-refractivity contribution < 1.29 is 18.3 Å². The summed E-state index contributed by atoms with van der Waals surface area (Å²) in [6, 6.07) is 6.65. The van der Waals surface area contributed by atoms with Crippen LogP contribution in [0.25, 0.3) is 0 Å². The molecule has 1 aliphatic heterocycles.